The molecule has 106 valence electrons. The number of ether oxygens (including phenoxy) is 1. The van der Waals surface area contributed by atoms with Crippen molar-refractivity contribution in [2.45, 2.75) is 38.0 Å². The van der Waals surface area contributed by atoms with E-state index in [-0.39, 0.29) is 0 Å². The Bertz CT molecular complexity index is 380. The Kier molecular flexibility index (Phi) is 5.19. The van der Waals surface area contributed by atoms with Crippen molar-refractivity contribution in [1.82, 2.24) is 4.90 Å². The zero-order chi connectivity index (χ0) is 13.7. The van der Waals surface area contributed by atoms with Gasteiger partial charge in [-0.25, -0.2) is 0 Å². The van der Waals surface area contributed by atoms with E-state index in [9.17, 15) is 0 Å². The van der Waals surface area contributed by atoms with Crippen LogP contribution in [0.5, 0.6) is 0 Å². The Labute approximate surface area is 118 Å². The third-order valence-corrected chi connectivity index (χ3v) is 6.64. The molecule has 0 bridgehead atoms. The normalized spacial score (nSPS) is 20.9. The van der Waals surface area contributed by atoms with E-state index in [1.807, 2.05) is 7.11 Å². The molecule has 19 heavy (non-hydrogen) atoms. The molecule has 0 spiro atoms. The van der Waals surface area contributed by atoms with Crippen molar-refractivity contribution in [2.24, 2.45) is 0 Å². The molecular formula is C16H27NOSi. The zero-order valence-electron chi connectivity index (χ0n) is 12.6. The molecule has 1 aromatic carbocycles. The molecule has 0 N–H and O–H groups in total. The van der Waals surface area contributed by atoms with Crippen molar-refractivity contribution in [3.05, 3.63) is 35.9 Å². The monoisotopic (exact) mass is 277 g/mol. The topological polar surface area (TPSA) is 12.5 Å². The fourth-order valence-electron chi connectivity index (χ4n) is 3.24. The molecule has 3 heteroatoms. The molecule has 1 unspecified atom stereocenters. The summed E-state index contributed by atoms with van der Waals surface area (Å²) in [6, 6.07) is 12.9. The first-order valence-electron chi connectivity index (χ1n) is 7.38. The quantitative estimate of drug-likeness (QED) is 0.741. The van der Waals surface area contributed by atoms with Crippen LogP contribution in [0.15, 0.2) is 30.3 Å². The van der Waals surface area contributed by atoms with Crippen LogP contribution in [0.3, 0.4) is 0 Å². The summed E-state index contributed by atoms with van der Waals surface area (Å²) in [5, 5.41) is 0. The summed E-state index contributed by atoms with van der Waals surface area (Å²) in [7, 11) is 0.613. The summed E-state index contributed by atoms with van der Waals surface area (Å²) in [6.45, 7) is 7.19. The van der Waals surface area contributed by atoms with Gasteiger partial charge in [-0.3, -0.25) is 0 Å². The highest BCUT2D eigenvalue weighted by atomic mass is 28.3. The minimum absolute atomic E-state index is 0.660. The van der Waals surface area contributed by atoms with Gasteiger partial charge < -0.3 is 9.64 Å². The second-order valence-electron chi connectivity index (χ2n) is 6.55. The predicted octanol–water partition coefficient (Wildman–Crippen LogP) is 3.13. The Balaban J connectivity index is 1.93. The molecule has 1 aliphatic rings. The molecule has 1 atom stereocenters. The maximum atomic E-state index is 5.36. The minimum atomic E-state index is -1.21. The Hall–Kier alpha value is -0.643. The smallest absolute Gasteiger partial charge is 0.0672 e. The van der Waals surface area contributed by atoms with Crippen LogP contribution in [0.25, 0.3) is 0 Å². The van der Waals surface area contributed by atoms with Gasteiger partial charge in [-0.05, 0) is 31.6 Å². The molecule has 0 radical (unpaired) electrons. The Morgan fingerprint density at radius 1 is 1.26 bits per heavy atom. The first kappa shape index (κ1) is 14.8. The SMILES string of the molecule is COCC1CCCN1C[Si](C)(C)Cc1ccccc1. The molecule has 1 aromatic rings. The summed E-state index contributed by atoms with van der Waals surface area (Å²) in [5.74, 6) is 0. The third kappa shape index (κ3) is 4.44. The van der Waals surface area contributed by atoms with Gasteiger partial charge >= 0.3 is 0 Å². The van der Waals surface area contributed by atoms with Crippen molar-refractivity contribution in [1.29, 1.82) is 0 Å². The lowest BCUT2D eigenvalue weighted by Gasteiger charge is -2.32. The van der Waals surface area contributed by atoms with E-state index in [2.05, 4.69) is 48.3 Å². The Morgan fingerprint density at radius 3 is 2.68 bits per heavy atom. The molecular weight excluding hydrogens is 250 g/mol. The average Bonchev–Trinajstić information content (AvgIpc) is 2.77. The van der Waals surface area contributed by atoms with Gasteiger partial charge in [0.1, 0.15) is 0 Å². The number of hydrogen-bond donors (Lipinski definition) is 0. The van der Waals surface area contributed by atoms with Crippen LogP contribution in [0.4, 0.5) is 0 Å². The lowest BCUT2D eigenvalue weighted by molar-refractivity contribution is 0.124. The van der Waals surface area contributed by atoms with Crippen LogP contribution in [-0.4, -0.2) is 45.4 Å². The number of benzene rings is 1. The minimum Gasteiger partial charge on any atom is -0.383 e. The molecule has 0 aromatic heterocycles. The third-order valence-electron chi connectivity index (χ3n) is 4.01. The van der Waals surface area contributed by atoms with Crippen molar-refractivity contribution in [3.8, 4) is 0 Å². The molecule has 2 nitrogen and oxygen atoms in total. The lowest BCUT2D eigenvalue weighted by Crippen LogP contribution is -2.47. The van der Waals surface area contributed by atoms with Crippen LogP contribution in [0, 0.1) is 0 Å². The first-order valence-corrected chi connectivity index (χ1v) is 10.8. The standard InChI is InChI=1S/C16H27NOSi/c1-18-12-16-10-7-11-17(16)14-19(2,3)13-15-8-5-4-6-9-15/h4-6,8-9,16H,7,10-14H2,1-3H3. The van der Waals surface area contributed by atoms with Crippen LogP contribution < -0.4 is 0 Å². The van der Waals surface area contributed by atoms with Crippen LogP contribution in [-0.2, 0) is 10.8 Å². The zero-order valence-corrected chi connectivity index (χ0v) is 13.6. The van der Waals surface area contributed by atoms with Gasteiger partial charge in [0.05, 0.1) is 14.7 Å². The van der Waals surface area contributed by atoms with Gasteiger partial charge in [0.2, 0.25) is 0 Å². The second kappa shape index (κ2) is 6.68. The van der Waals surface area contributed by atoms with Crippen LogP contribution in [0.2, 0.25) is 13.1 Å². The highest BCUT2D eigenvalue weighted by Crippen LogP contribution is 2.21. The van der Waals surface area contributed by atoms with E-state index in [0.29, 0.717) is 6.04 Å². The predicted molar refractivity (Wildman–Crippen MR) is 84.1 cm³/mol. The number of rotatable bonds is 6. The van der Waals surface area contributed by atoms with Gasteiger partial charge in [-0.2, -0.15) is 0 Å². The largest absolute Gasteiger partial charge is 0.383 e. The van der Waals surface area contributed by atoms with E-state index < -0.39 is 8.07 Å². The molecule has 1 aliphatic heterocycles. The molecule has 1 saturated heterocycles. The molecule has 1 fully saturated rings. The van der Waals surface area contributed by atoms with Crippen LogP contribution in [0.1, 0.15) is 18.4 Å². The van der Waals surface area contributed by atoms with Gasteiger partial charge in [-0.1, -0.05) is 49.0 Å². The number of nitrogens with zero attached hydrogens (tertiary/aromatic N) is 1. The van der Waals surface area contributed by atoms with E-state index in [1.165, 1.54) is 37.2 Å². The maximum Gasteiger partial charge on any atom is 0.0672 e. The fraction of sp³-hybridized carbons (Fsp3) is 0.625. The molecule has 0 saturated carbocycles. The summed E-state index contributed by atoms with van der Waals surface area (Å²) in [5.41, 5.74) is 1.50. The number of likely N-dealkylation sites (tertiary alicyclic amines) is 1. The number of methoxy groups -OCH3 is 1. The molecule has 1 heterocycles. The van der Waals surface area contributed by atoms with E-state index in [4.69, 9.17) is 4.74 Å². The second-order valence-corrected chi connectivity index (χ2v) is 11.5. The fourth-order valence-corrected chi connectivity index (χ4v) is 6.21. The molecule has 0 aliphatic carbocycles. The summed E-state index contributed by atoms with van der Waals surface area (Å²) in [4.78, 5) is 2.68. The average molecular weight is 277 g/mol. The lowest BCUT2D eigenvalue weighted by atomic mass is 10.2. The van der Waals surface area contributed by atoms with E-state index in [1.54, 1.807) is 0 Å². The molecule has 2 rings (SSSR count). The van der Waals surface area contributed by atoms with Gasteiger partial charge in [-0.15, -0.1) is 0 Å². The van der Waals surface area contributed by atoms with Crippen LogP contribution >= 0.6 is 0 Å². The van der Waals surface area contributed by atoms with E-state index in [0.717, 1.165) is 6.61 Å². The van der Waals surface area contributed by atoms with Crippen molar-refractivity contribution in [2.75, 3.05) is 26.4 Å². The van der Waals surface area contributed by atoms with E-state index >= 15 is 0 Å². The highest BCUT2D eigenvalue weighted by Gasteiger charge is 2.31. The van der Waals surface area contributed by atoms with Gasteiger partial charge in [0.25, 0.3) is 0 Å². The van der Waals surface area contributed by atoms with Gasteiger partial charge in [0, 0.05) is 13.2 Å². The summed E-state index contributed by atoms with van der Waals surface area (Å²) >= 11 is 0. The molecule has 0 amide bonds. The van der Waals surface area contributed by atoms with Crippen molar-refractivity contribution >= 4 is 8.07 Å². The Morgan fingerprint density at radius 2 is 2.00 bits per heavy atom. The first-order chi connectivity index (χ1) is 9.11. The highest BCUT2D eigenvalue weighted by molar-refractivity contribution is 6.77. The number of hydrogen-bond acceptors (Lipinski definition) is 2. The van der Waals surface area contributed by atoms with Crippen molar-refractivity contribution in [3.63, 3.8) is 0 Å². The summed E-state index contributed by atoms with van der Waals surface area (Å²) < 4.78 is 5.36. The summed E-state index contributed by atoms with van der Waals surface area (Å²) in [6.07, 6.45) is 3.95. The maximum absolute atomic E-state index is 5.36. The van der Waals surface area contributed by atoms with Crippen molar-refractivity contribution < 1.29 is 4.74 Å². The van der Waals surface area contributed by atoms with Gasteiger partial charge in [0.15, 0.2) is 0 Å².